The van der Waals surface area contributed by atoms with Crippen LogP contribution in [0.2, 0.25) is 0 Å². The molecular weight excluding hydrogens is 262 g/mol. The molecule has 1 aromatic rings. The summed E-state index contributed by atoms with van der Waals surface area (Å²) in [6.07, 6.45) is 1.20. The maximum atomic E-state index is 12.2. The molecule has 0 aromatic heterocycles. The topological polar surface area (TPSA) is 49.3 Å². The number of hydrogen-bond acceptors (Lipinski definition) is 2. The van der Waals surface area contributed by atoms with Crippen molar-refractivity contribution >= 4 is 5.91 Å². The predicted molar refractivity (Wildman–Crippen MR) is 87.1 cm³/mol. The van der Waals surface area contributed by atoms with Crippen LogP contribution in [0, 0.1) is 11.3 Å². The molecule has 0 aliphatic heterocycles. The van der Waals surface area contributed by atoms with E-state index in [0.29, 0.717) is 25.3 Å². The molecule has 0 spiro atoms. The van der Waals surface area contributed by atoms with E-state index in [1.54, 1.807) is 0 Å². The smallest absolute Gasteiger partial charge is 0.220 e. The summed E-state index contributed by atoms with van der Waals surface area (Å²) >= 11 is 0. The molecule has 118 valence electrons. The lowest BCUT2D eigenvalue weighted by atomic mass is 9.85. The first-order valence-corrected chi connectivity index (χ1v) is 7.78. The Labute approximate surface area is 128 Å². The highest BCUT2D eigenvalue weighted by Crippen LogP contribution is 2.27. The number of rotatable bonds is 8. The first-order chi connectivity index (χ1) is 9.85. The number of carbonyl (C=O) groups excluding carboxylic acids is 1. The molecule has 0 aliphatic rings. The fourth-order valence-corrected chi connectivity index (χ4v) is 2.44. The van der Waals surface area contributed by atoms with Gasteiger partial charge in [-0.25, -0.2) is 0 Å². The summed E-state index contributed by atoms with van der Waals surface area (Å²) in [6, 6.07) is 10.2. The van der Waals surface area contributed by atoms with Crippen molar-refractivity contribution in [1.82, 2.24) is 5.32 Å². The molecule has 0 aliphatic carbocycles. The van der Waals surface area contributed by atoms with Gasteiger partial charge in [0.1, 0.15) is 0 Å². The summed E-state index contributed by atoms with van der Waals surface area (Å²) < 4.78 is 0. The molecule has 0 saturated carbocycles. The van der Waals surface area contributed by atoms with E-state index in [2.05, 4.69) is 45.1 Å². The third-order valence-electron chi connectivity index (χ3n) is 3.99. The minimum Gasteiger partial charge on any atom is -0.396 e. The maximum Gasteiger partial charge on any atom is 0.220 e. The Morgan fingerprint density at radius 2 is 1.86 bits per heavy atom. The van der Waals surface area contributed by atoms with Crippen LogP contribution in [-0.2, 0) is 4.79 Å². The van der Waals surface area contributed by atoms with Crippen LogP contribution in [0.5, 0.6) is 0 Å². The van der Waals surface area contributed by atoms with Gasteiger partial charge in [0.05, 0.1) is 0 Å². The highest BCUT2D eigenvalue weighted by molar-refractivity contribution is 5.77. The lowest BCUT2D eigenvalue weighted by molar-refractivity contribution is -0.122. The van der Waals surface area contributed by atoms with Crippen molar-refractivity contribution in [3.8, 4) is 0 Å². The number of aliphatic hydroxyl groups excluding tert-OH is 1. The Hall–Kier alpha value is -1.35. The normalized spacial score (nSPS) is 13.2. The van der Waals surface area contributed by atoms with Gasteiger partial charge in [0.25, 0.3) is 0 Å². The zero-order chi connectivity index (χ0) is 15.9. The molecule has 1 rings (SSSR count). The number of hydrogen-bond donors (Lipinski definition) is 2. The van der Waals surface area contributed by atoms with Crippen molar-refractivity contribution in [2.24, 2.45) is 11.3 Å². The minimum absolute atomic E-state index is 0.0650. The number of nitrogens with one attached hydrogen (secondary N) is 1. The van der Waals surface area contributed by atoms with E-state index >= 15 is 0 Å². The Morgan fingerprint density at radius 1 is 1.24 bits per heavy atom. The molecule has 1 unspecified atom stereocenters. The monoisotopic (exact) mass is 291 g/mol. The maximum absolute atomic E-state index is 12.2. The largest absolute Gasteiger partial charge is 0.396 e. The molecule has 0 bridgehead atoms. The second kappa shape index (κ2) is 8.18. The Morgan fingerprint density at radius 3 is 2.38 bits per heavy atom. The van der Waals surface area contributed by atoms with Crippen LogP contribution in [0.25, 0.3) is 0 Å². The molecule has 0 heterocycles. The fourth-order valence-electron chi connectivity index (χ4n) is 2.44. The highest BCUT2D eigenvalue weighted by atomic mass is 16.3. The molecule has 21 heavy (non-hydrogen) atoms. The van der Waals surface area contributed by atoms with Crippen LogP contribution in [0.4, 0.5) is 0 Å². The van der Waals surface area contributed by atoms with Gasteiger partial charge in [-0.15, -0.1) is 0 Å². The van der Waals surface area contributed by atoms with Gasteiger partial charge in [0.2, 0.25) is 5.91 Å². The van der Waals surface area contributed by atoms with Crippen LogP contribution in [0.3, 0.4) is 0 Å². The molecule has 2 N–H and O–H groups in total. The van der Waals surface area contributed by atoms with E-state index in [9.17, 15) is 4.79 Å². The van der Waals surface area contributed by atoms with E-state index in [4.69, 9.17) is 5.11 Å². The Kier molecular flexibility index (Phi) is 6.90. The highest BCUT2D eigenvalue weighted by Gasteiger charge is 2.22. The van der Waals surface area contributed by atoms with Gasteiger partial charge in [-0.2, -0.15) is 0 Å². The number of carbonyl (C=O) groups is 1. The number of aliphatic hydroxyl groups is 1. The molecule has 0 radical (unpaired) electrons. The van der Waals surface area contributed by atoms with Crippen molar-refractivity contribution in [2.75, 3.05) is 13.2 Å². The lowest BCUT2D eigenvalue weighted by Crippen LogP contribution is -2.35. The first-order valence-electron chi connectivity index (χ1n) is 7.78. The Bertz CT molecular complexity index is 426. The van der Waals surface area contributed by atoms with E-state index in [1.165, 1.54) is 5.56 Å². The van der Waals surface area contributed by atoms with Crippen molar-refractivity contribution in [1.29, 1.82) is 0 Å². The fraction of sp³-hybridized carbons (Fsp3) is 0.611. The summed E-state index contributed by atoms with van der Waals surface area (Å²) in [5.41, 5.74) is 1.15. The molecule has 1 atom stereocenters. The molecule has 3 heteroatoms. The SMILES string of the molecule is CC(C)C(CC(=O)NCC(C)(C)CCO)c1ccccc1. The zero-order valence-electron chi connectivity index (χ0n) is 13.7. The third-order valence-corrected chi connectivity index (χ3v) is 3.99. The van der Waals surface area contributed by atoms with E-state index in [-0.39, 0.29) is 23.8 Å². The summed E-state index contributed by atoms with van der Waals surface area (Å²) in [4.78, 5) is 12.2. The molecule has 3 nitrogen and oxygen atoms in total. The summed E-state index contributed by atoms with van der Waals surface area (Å²) in [7, 11) is 0. The van der Waals surface area contributed by atoms with Gasteiger partial charge >= 0.3 is 0 Å². The predicted octanol–water partition coefficient (Wildman–Crippen LogP) is 3.34. The van der Waals surface area contributed by atoms with Crippen LogP contribution in [-0.4, -0.2) is 24.2 Å². The molecule has 1 aromatic carbocycles. The van der Waals surface area contributed by atoms with Gasteiger partial charge in [-0.1, -0.05) is 58.0 Å². The van der Waals surface area contributed by atoms with Crippen molar-refractivity contribution in [3.63, 3.8) is 0 Å². The summed E-state index contributed by atoms with van der Waals surface area (Å²) in [5.74, 6) is 0.749. The van der Waals surface area contributed by atoms with E-state index < -0.39 is 0 Å². The second-order valence-electron chi connectivity index (χ2n) is 6.88. The average molecular weight is 291 g/mol. The van der Waals surface area contributed by atoms with Crippen molar-refractivity contribution in [2.45, 2.75) is 46.5 Å². The van der Waals surface area contributed by atoms with Gasteiger partial charge < -0.3 is 10.4 Å². The van der Waals surface area contributed by atoms with Crippen LogP contribution in [0.1, 0.15) is 52.0 Å². The van der Waals surface area contributed by atoms with Gasteiger partial charge in [0, 0.05) is 19.6 Å². The van der Waals surface area contributed by atoms with E-state index in [0.717, 1.165) is 0 Å². The van der Waals surface area contributed by atoms with Gasteiger partial charge in [-0.05, 0) is 29.2 Å². The van der Waals surface area contributed by atoms with Crippen LogP contribution >= 0.6 is 0 Å². The van der Waals surface area contributed by atoms with Crippen LogP contribution in [0.15, 0.2) is 30.3 Å². The first kappa shape index (κ1) is 17.7. The molecule has 0 fully saturated rings. The third kappa shape index (κ3) is 6.30. The van der Waals surface area contributed by atoms with E-state index in [1.807, 2.05) is 18.2 Å². The van der Waals surface area contributed by atoms with Crippen molar-refractivity contribution in [3.05, 3.63) is 35.9 Å². The number of amides is 1. The summed E-state index contributed by atoms with van der Waals surface area (Å²) in [6.45, 7) is 9.18. The summed E-state index contributed by atoms with van der Waals surface area (Å²) in [5, 5.41) is 12.0. The molecular formula is C18H29NO2. The molecule has 1 amide bonds. The number of benzene rings is 1. The van der Waals surface area contributed by atoms with Crippen molar-refractivity contribution < 1.29 is 9.90 Å². The van der Waals surface area contributed by atoms with Crippen LogP contribution < -0.4 is 5.32 Å². The minimum atomic E-state index is -0.0650. The Balaban J connectivity index is 2.58. The standard InChI is InChI=1S/C18H29NO2/c1-14(2)16(15-8-6-5-7-9-15)12-17(21)19-13-18(3,4)10-11-20/h5-9,14,16,20H,10-13H2,1-4H3,(H,19,21). The average Bonchev–Trinajstić information content (AvgIpc) is 2.43. The second-order valence-corrected chi connectivity index (χ2v) is 6.88. The quantitative estimate of drug-likeness (QED) is 0.771. The van der Waals surface area contributed by atoms with Gasteiger partial charge in [0.15, 0.2) is 0 Å². The molecule has 0 saturated heterocycles. The zero-order valence-corrected chi connectivity index (χ0v) is 13.7. The van der Waals surface area contributed by atoms with Gasteiger partial charge in [-0.3, -0.25) is 4.79 Å². The lowest BCUT2D eigenvalue weighted by Gasteiger charge is -2.25.